The monoisotopic (exact) mass is 501 g/mol. The smallest absolute Gasteiger partial charge is 0.321 e. The molecule has 3 aromatic rings. The quantitative estimate of drug-likeness (QED) is 0.543. The zero-order valence-corrected chi connectivity index (χ0v) is 21.1. The van der Waals surface area contributed by atoms with Crippen molar-refractivity contribution in [2.75, 3.05) is 26.2 Å². The number of hydrogen-bond acceptors (Lipinski definition) is 4. The lowest BCUT2D eigenvalue weighted by molar-refractivity contribution is 0.195. The third-order valence-electron chi connectivity index (χ3n) is 7.72. The van der Waals surface area contributed by atoms with E-state index < -0.39 is 0 Å². The minimum absolute atomic E-state index is 0.102. The number of nitrogens with zero attached hydrogens (tertiary/aromatic N) is 3. The molecule has 7 nitrogen and oxygen atoms in total. The second kappa shape index (κ2) is 10.0. The Labute approximate surface area is 216 Å². The molecule has 0 radical (unpaired) electrons. The molecular formula is C29H32FN5O2. The number of carbonyl (C=O) groups excluding carboxylic acids is 1. The van der Waals surface area contributed by atoms with E-state index in [0.29, 0.717) is 19.6 Å². The average molecular weight is 502 g/mol. The molecule has 192 valence electrons. The highest BCUT2D eigenvalue weighted by atomic mass is 19.1. The van der Waals surface area contributed by atoms with Crippen molar-refractivity contribution in [2.24, 2.45) is 0 Å². The molecule has 0 saturated carbocycles. The maximum absolute atomic E-state index is 14.3. The van der Waals surface area contributed by atoms with E-state index in [1.165, 1.54) is 11.6 Å². The van der Waals surface area contributed by atoms with E-state index >= 15 is 0 Å². The van der Waals surface area contributed by atoms with Gasteiger partial charge in [0.05, 0.1) is 18.8 Å². The van der Waals surface area contributed by atoms with E-state index in [0.717, 1.165) is 90.3 Å². The second-order valence-corrected chi connectivity index (χ2v) is 10.2. The third kappa shape index (κ3) is 4.85. The molecule has 8 heteroatoms. The predicted octanol–water partition coefficient (Wildman–Crippen LogP) is 4.71. The Balaban J connectivity index is 1.10. The van der Waals surface area contributed by atoms with Crippen molar-refractivity contribution in [2.45, 2.75) is 45.7 Å². The van der Waals surface area contributed by atoms with Gasteiger partial charge >= 0.3 is 6.03 Å². The molecule has 4 heterocycles. The SMILES string of the molecule is Cc1cccc(F)c1CN1CCC/C(=C/NC(=O)N2CCc3[nH]nc(-c4ccc5c(c4)CCO5)c3C2)C1. The van der Waals surface area contributed by atoms with E-state index in [1.807, 2.05) is 36.2 Å². The summed E-state index contributed by atoms with van der Waals surface area (Å²) in [7, 11) is 0. The van der Waals surface area contributed by atoms with Crippen molar-refractivity contribution in [1.29, 1.82) is 0 Å². The summed E-state index contributed by atoms with van der Waals surface area (Å²) in [4.78, 5) is 17.2. The molecule has 0 atom stereocenters. The minimum atomic E-state index is -0.152. The van der Waals surface area contributed by atoms with Crippen LogP contribution in [0.3, 0.4) is 0 Å². The van der Waals surface area contributed by atoms with Crippen LogP contribution in [-0.2, 0) is 25.9 Å². The Morgan fingerprint density at radius 1 is 1.19 bits per heavy atom. The zero-order valence-electron chi connectivity index (χ0n) is 21.1. The van der Waals surface area contributed by atoms with Crippen LogP contribution >= 0.6 is 0 Å². The lowest BCUT2D eigenvalue weighted by atomic mass is 9.99. The number of ether oxygens (including phenoxy) is 1. The number of likely N-dealkylation sites (tertiary alicyclic amines) is 1. The molecule has 2 aromatic carbocycles. The van der Waals surface area contributed by atoms with Crippen molar-refractivity contribution in [3.05, 3.63) is 81.9 Å². The minimum Gasteiger partial charge on any atom is -0.493 e. The highest BCUT2D eigenvalue weighted by Crippen LogP contribution is 2.33. The fourth-order valence-electron chi connectivity index (χ4n) is 5.61. The van der Waals surface area contributed by atoms with E-state index in [9.17, 15) is 9.18 Å². The molecule has 1 aromatic heterocycles. The van der Waals surface area contributed by atoms with Crippen LogP contribution in [0.1, 0.15) is 40.8 Å². The number of fused-ring (bicyclic) bond motifs is 2. The number of H-pyrrole nitrogens is 1. The second-order valence-electron chi connectivity index (χ2n) is 10.2. The molecule has 6 rings (SSSR count). The first kappa shape index (κ1) is 23.7. The van der Waals surface area contributed by atoms with Crippen LogP contribution in [-0.4, -0.2) is 52.3 Å². The van der Waals surface area contributed by atoms with Gasteiger partial charge in [0.2, 0.25) is 0 Å². The summed E-state index contributed by atoms with van der Waals surface area (Å²) >= 11 is 0. The van der Waals surface area contributed by atoms with Gasteiger partial charge in [0.25, 0.3) is 0 Å². The van der Waals surface area contributed by atoms with E-state index in [1.54, 1.807) is 6.07 Å². The molecule has 3 aliphatic heterocycles. The fourth-order valence-corrected chi connectivity index (χ4v) is 5.61. The molecule has 2 amide bonds. The first-order valence-corrected chi connectivity index (χ1v) is 13.1. The van der Waals surface area contributed by atoms with Crippen LogP contribution in [0.4, 0.5) is 9.18 Å². The van der Waals surface area contributed by atoms with Gasteiger partial charge in [0.15, 0.2) is 0 Å². The lowest BCUT2D eigenvalue weighted by Crippen LogP contribution is -2.41. The Morgan fingerprint density at radius 2 is 2.11 bits per heavy atom. The van der Waals surface area contributed by atoms with E-state index in [4.69, 9.17) is 4.74 Å². The first-order chi connectivity index (χ1) is 18.0. The van der Waals surface area contributed by atoms with Gasteiger partial charge in [-0.05, 0) is 67.3 Å². The van der Waals surface area contributed by atoms with Crippen LogP contribution in [0, 0.1) is 12.7 Å². The highest BCUT2D eigenvalue weighted by Gasteiger charge is 2.26. The zero-order chi connectivity index (χ0) is 25.4. The number of carbonyl (C=O) groups is 1. The predicted molar refractivity (Wildman–Crippen MR) is 140 cm³/mol. The molecule has 37 heavy (non-hydrogen) atoms. The molecule has 1 saturated heterocycles. The summed E-state index contributed by atoms with van der Waals surface area (Å²) < 4.78 is 20.0. The van der Waals surface area contributed by atoms with E-state index in [-0.39, 0.29) is 11.8 Å². The number of halogens is 1. The van der Waals surface area contributed by atoms with Gasteiger partial charge in [0, 0.05) is 61.1 Å². The standard InChI is InChI=1S/C29H32FN5O2/c1-19-4-2-6-25(30)23(19)17-34-11-3-5-20(16-34)15-31-29(36)35-12-9-26-24(18-35)28(33-32-26)22-7-8-27-21(14-22)10-13-37-27/h2,4,6-8,14-15H,3,5,9-13,16-18H2,1H3,(H,31,36)(H,32,33)/b20-15-. The van der Waals surface area contributed by atoms with Crippen molar-refractivity contribution >= 4 is 6.03 Å². The maximum atomic E-state index is 14.3. The van der Waals surface area contributed by atoms with Crippen molar-refractivity contribution < 1.29 is 13.9 Å². The van der Waals surface area contributed by atoms with Crippen LogP contribution in [0.15, 0.2) is 48.2 Å². The number of rotatable bonds is 4. The van der Waals surface area contributed by atoms with Gasteiger partial charge in [-0.15, -0.1) is 0 Å². The molecular weight excluding hydrogens is 469 g/mol. The maximum Gasteiger partial charge on any atom is 0.321 e. The van der Waals surface area contributed by atoms with Gasteiger partial charge in [-0.1, -0.05) is 12.1 Å². The Kier molecular flexibility index (Phi) is 6.42. The molecule has 0 aliphatic carbocycles. The largest absolute Gasteiger partial charge is 0.493 e. The average Bonchev–Trinajstić information content (AvgIpc) is 3.56. The van der Waals surface area contributed by atoms with Crippen molar-refractivity contribution in [1.82, 2.24) is 25.3 Å². The number of hydrogen-bond donors (Lipinski definition) is 2. The molecule has 0 spiro atoms. The van der Waals surface area contributed by atoms with Gasteiger partial charge in [0.1, 0.15) is 11.6 Å². The van der Waals surface area contributed by atoms with Crippen LogP contribution in [0.5, 0.6) is 5.75 Å². The first-order valence-electron chi connectivity index (χ1n) is 13.1. The summed E-state index contributed by atoms with van der Waals surface area (Å²) in [5.74, 6) is 0.799. The van der Waals surface area contributed by atoms with E-state index in [2.05, 4.69) is 26.5 Å². The summed E-state index contributed by atoms with van der Waals surface area (Å²) in [5.41, 5.74) is 8.24. The number of aromatic nitrogens is 2. The number of aryl methyl sites for hydroxylation is 1. The lowest BCUT2D eigenvalue weighted by Gasteiger charge is -2.30. The van der Waals surface area contributed by atoms with Crippen molar-refractivity contribution in [3.8, 4) is 17.0 Å². The number of piperidine rings is 1. The number of amides is 2. The van der Waals surface area contributed by atoms with Crippen LogP contribution in [0.25, 0.3) is 11.3 Å². The Hall–Kier alpha value is -3.65. The Morgan fingerprint density at radius 3 is 3.00 bits per heavy atom. The number of nitrogens with one attached hydrogen (secondary N) is 2. The van der Waals surface area contributed by atoms with Crippen molar-refractivity contribution in [3.63, 3.8) is 0 Å². The summed E-state index contributed by atoms with van der Waals surface area (Å²) in [6, 6.07) is 11.3. The van der Waals surface area contributed by atoms with Gasteiger partial charge < -0.3 is 15.0 Å². The molecule has 0 bridgehead atoms. The van der Waals surface area contributed by atoms with Gasteiger partial charge in [-0.2, -0.15) is 5.10 Å². The van der Waals surface area contributed by atoms with Gasteiger partial charge in [-0.3, -0.25) is 10.00 Å². The van der Waals surface area contributed by atoms with Gasteiger partial charge in [-0.25, -0.2) is 9.18 Å². The fraction of sp³-hybridized carbons (Fsp3) is 0.379. The summed E-state index contributed by atoms with van der Waals surface area (Å²) in [6.45, 7) is 6.06. The molecule has 2 N–H and O–H groups in total. The normalized spacial score (nSPS) is 18.4. The molecule has 0 unspecified atom stereocenters. The topological polar surface area (TPSA) is 73.5 Å². The number of aromatic amines is 1. The summed E-state index contributed by atoms with van der Waals surface area (Å²) in [5, 5.41) is 10.8. The van der Waals surface area contributed by atoms with Crippen LogP contribution < -0.4 is 10.1 Å². The summed E-state index contributed by atoms with van der Waals surface area (Å²) in [6.07, 6.45) is 5.44. The Bertz CT molecular complexity index is 1340. The highest BCUT2D eigenvalue weighted by molar-refractivity contribution is 5.76. The third-order valence-corrected chi connectivity index (χ3v) is 7.72. The number of urea groups is 1. The molecule has 1 fully saturated rings. The number of benzene rings is 2. The molecule has 3 aliphatic rings. The van der Waals surface area contributed by atoms with Crippen LogP contribution in [0.2, 0.25) is 0 Å².